The molecule has 27 heavy (non-hydrogen) atoms. The zero-order valence-corrected chi connectivity index (χ0v) is 15.6. The highest BCUT2D eigenvalue weighted by molar-refractivity contribution is 6.33. The summed E-state index contributed by atoms with van der Waals surface area (Å²) in [6.45, 7) is 0.0523. The molecule has 4 rings (SSSR count). The minimum atomic E-state index is -0.219. The standard InChI is InChI=1S/C20H14Cl2N4O/c21-14-9-7-13(8-10-14)19-25-17-6-3-11-23-20(17)26(19)12-18(27)24-16-5-2-1-4-15(16)22/h1-11H,12H2,(H,24,27). The van der Waals surface area contributed by atoms with E-state index in [-0.39, 0.29) is 12.5 Å². The van der Waals surface area contributed by atoms with Crippen LogP contribution >= 0.6 is 23.2 Å². The second-order valence-electron chi connectivity index (χ2n) is 5.90. The average molecular weight is 397 g/mol. The van der Waals surface area contributed by atoms with Gasteiger partial charge in [-0.1, -0.05) is 35.3 Å². The minimum Gasteiger partial charge on any atom is -0.323 e. The van der Waals surface area contributed by atoms with Gasteiger partial charge in [0.1, 0.15) is 17.9 Å². The fourth-order valence-electron chi connectivity index (χ4n) is 2.82. The van der Waals surface area contributed by atoms with Gasteiger partial charge in [-0.25, -0.2) is 9.97 Å². The lowest BCUT2D eigenvalue weighted by atomic mass is 10.2. The van der Waals surface area contributed by atoms with Gasteiger partial charge in [0.15, 0.2) is 5.65 Å². The molecule has 5 nitrogen and oxygen atoms in total. The SMILES string of the molecule is O=C(Cn1c(-c2ccc(Cl)cc2)nc2cccnc21)Nc1ccccc1Cl. The summed E-state index contributed by atoms with van der Waals surface area (Å²) in [7, 11) is 0. The number of benzene rings is 2. The van der Waals surface area contributed by atoms with Crippen LogP contribution in [-0.4, -0.2) is 20.4 Å². The molecule has 1 amide bonds. The molecule has 134 valence electrons. The Morgan fingerprint density at radius 1 is 1.00 bits per heavy atom. The predicted octanol–water partition coefficient (Wildman–Crippen LogP) is 5.04. The monoisotopic (exact) mass is 396 g/mol. The van der Waals surface area contributed by atoms with E-state index in [0.29, 0.717) is 32.7 Å². The van der Waals surface area contributed by atoms with Crippen LogP contribution in [0.2, 0.25) is 10.0 Å². The molecule has 0 unspecified atom stereocenters. The van der Waals surface area contributed by atoms with Gasteiger partial charge < -0.3 is 5.32 Å². The van der Waals surface area contributed by atoms with Crippen LogP contribution in [0.5, 0.6) is 0 Å². The first kappa shape index (κ1) is 17.5. The van der Waals surface area contributed by atoms with Crippen LogP contribution in [0.25, 0.3) is 22.6 Å². The van der Waals surface area contributed by atoms with Crippen LogP contribution in [0.4, 0.5) is 5.69 Å². The first-order chi connectivity index (χ1) is 13.1. The van der Waals surface area contributed by atoms with Crippen LogP contribution in [0.15, 0.2) is 66.9 Å². The summed E-state index contributed by atoms with van der Waals surface area (Å²) in [6, 6.07) is 18.1. The molecule has 0 saturated heterocycles. The van der Waals surface area contributed by atoms with Gasteiger partial charge >= 0.3 is 0 Å². The average Bonchev–Trinajstić information content (AvgIpc) is 3.03. The summed E-state index contributed by atoms with van der Waals surface area (Å²) in [6.07, 6.45) is 1.68. The number of aromatic nitrogens is 3. The van der Waals surface area contributed by atoms with Crippen LogP contribution in [-0.2, 0) is 11.3 Å². The van der Waals surface area contributed by atoms with Crippen LogP contribution in [0, 0.1) is 0 Å². The van der Waals surface area contributed by atoms with Gasteiger partial charge in [-0.3, -0.25) is 9.36 Å². The van der Waals surface area contributed by atoms with Crippen molar-refractivity contribution in [3.05, 3.63) is 76.9 Å². The van der Waals surface area contributed by atoms with Crippen LogP contribution in [0.1, 0.15) is 0 Å². The van der Waals surface area contributed by atoms with E-state index in [1.165, 1.54) is 0 Å². The molecular formula is C20H14Cl2N4O. The third kappa shape index (κ3) is 3.65. The van der Waals surface area contributed by atoms with Crippen molar-refractivity contribution in [2.45, 2.75) is 6.54 Å². The Balaban J connectivity index is 1.71. The van der Waals surface area contributed by atoms with Gasteiger partial charge in [0.25, 0.3) is 0 Å². The minimum absolute atomic E-state index is 0.0523. The van der Waals surface area contributed by atoms with Gasteiger partial charge in [0, 0.05) is 16.8 Å². The summed E-state index contributed by atoms with van der Waals surface area (Å²) >= 11 is 12.1. The smallest absolute Gasteiger partial charge is 0.244 e. The number of halogens is 2. The largest absolute Gasteiger partial charge is 0.323 e. The summed E-state index contributed by atoms with van der Waals surface area (Å²) in [4.78, 5) is 21.7. The van der Waals surface area contributed by atoms with E-state index in [9.17, 15) is 4.79 Å². The Kier molecular flexibility index (Phi) is 4.79. The van der Waals surface area contributed by atoms with Crippen molar-refractivity contribution in [3.63, 3.8) is 0 Å². The molecule has 0 aliphatic rings. The van der Waals surface area contributed by atoms with Crippen molar-refractivity contribution in [2.24, 2.45) is 0 Å². The molecule has 0 aliphatic carbocycles. The van der Waals surface area contributed by atoms with E-state index in [0.717, 1.165) is 5.56 Å². The number of para-hydroxylation sites is 1. The van der Waals surface area contributed by atoms with Crippen molar-refractivity contribution >= 4 is 46.0 Å². The molecular weight excluding hydrogens is 383 g/mol. The molecule has 2 heterocycles. The van der Waals surface area contributed by atoms with Gasteiger partial charge in [0.05, 0.1) is 10.7 Å². The Morgan fingerprint density at radius 3 is 2.56 bits per heavy atom. The van der Waals surface area contributed by atoms with E-state index < -0.39 is 0 Å². The first-order valence-corrected chi connectivity index (χ1v) is 8.99. The molecule has 0 aliphatic heterocycles. The molecule has 0 saturated carbocycles. The number of nitrogens with zero attached hydrogens (tertiary/aromatic N) is 3. The second kappa shape index (κ2) is 7.39. The van der Waals surface area contributed by atoms with E-state index in [1.54, 1.807) is 35.0 Å². The van der Waals surface area contributed by atoms with Crippen LogP contribution < -0.4 is 5.32 Å². The fraction of sp³-hybridized carbons (Fsp3) is 0.0500. The topological polar surface area (TPSA) is 59.8 Å². The third-order valence-electron chi connectivity index (χ3n) is 4.06. The molecule has 4 aromatic rings. The van der Waals surface area contributed by atoms with Gasteiger partial charge in [-0.2, -0.15) is 0 Å². The van der Waals surface area contributed by atoms with Crippen molar-refractivity contribution < 1.29 is 4.79 Å². The van der Waals surface area contributed by atoms with Gasteiger partial charge in [-0.05, 0) is 48.5 Å². The van der Waals surface area contributed by atoms with E-state index in [4.69, 9.17) is 23.2 Å². The number of nitrogens with one attached hydrogen (secondary N) is 1. The molecule has 0 bridgehead atoms. The fourth-order valence-corrected chi connectivity index (χ4v) is 3.13. The Labute approximate surface area is 165 Å². The van der Waals surface area contributed by atoms with Gasteiger partial charge in [0.2, 0.25) is 5.91 Å². The maximum atomic E-state index is 12.6. The van der Waals surface area contributed by atoms with Crippen molar-refractivity contribution in [2.75, 3.05) is 5.32 Å². The normalized spacial score (nSPS) is 10.9. The predicted molar refractivity (Wildman–Crippen MR) is 108 cm³/mol. The molecule has 2 aromatic carbocycles. The van der Waals surface area contributed by atoms with Crippen molar-refractivity contribution in [1.82, 2.24) is 14.5 Å². The molecule has 2 aromatic heterocycles. The number of imidazole rings is 1. The molecule has 0 atom stereocenters. The number of pyridine rings is 1. The third-order valence-corrected chi connectivity index (χ3v) is 4.64. The first-order valence-electron chi connectivity index (χ1n) is 8.23. The molecule has 1 N–H and O–H groups in total. The van der Waals surface area contributed by atoms with E-state index in [1.807, 2.05) is 36.4 Å². The zero-order chi connectivity index (χ0) is 18.8. The molecule has 0 fully saturated rings. The number of rotatable bonds is 4. The van der Waals surface area contributed by atoms with Crippen molar-refractivity contribution in [3.8, 4) is 11.4 Å². The van der Waals surface area contributed by atoms with E-state index >= 15 is 0 Å². The van der Waals surface area contributed by atoms with E-state index in [2.05, 4.69) is 15.3 Å². The number of hydrogen-bond acceptors (Lipinski definition) is 3. The molecule has 7 heteroatoms. The Hall–Kier alpha value is -2.89. The molecule has 0 radical (unpaired) electrons. The maximum absolute atomic E-state index is 12.6. The summed E-state index contributed by atoms with van der Waals surface area (Å²) < 4.78 is 1.78. The summed E-state index contributed by atoms with van der Waals surface area (Å²) in [5.41, 5.74) is 2.77. The number of carbonyl (C=O) groups is 1. The molecule has 0 spiro atoms. The number of amides is 1. The Bertz CT molecular complexity index is 1120. The highest BCUT2D eigenvalue weighted by Gasteiger charge is 2.16. The maximum Gasteiger partial charge on any atom is 0.244 e. The second-order valence-corrected chi connectivity index (χ2v) is 6.75. The number of hydrogen-bond donors (Lipinski definition) is 1. The number of carbonyl (C=O) groups excluding carboxylic acids is 1. The highest BCUT2D eigenvalue weighted by Crippen LogP contribution is 2.26. The quantitative estimate of drug-likeness (QED) is 0.525. The van der Waals surface area contributed by atoms with Crippen LogP contribution in [0.3, 0.4) is 0 Å². The summed E-state index contributed by atoms with van der Waals surface area (Å²) in [5.74, 6) is 0.429. The number of anilines is 1. The summed E-state index contributed by atoms with van der Waals surface area (Å²) in [5, 5.41) is 3.95. The lowest BCUT2D eigenvalue weighted by Gasteiger charge is -2.10. The van der Waals surface area contributed by atoms with Gasteiger partial charge in [-0.15, -0.1) is 0 Å². The lowest BCUT2D eigenvalue weighted by Crippen LogP contribution is -2.19. The zero-order valence-electron chi connectivity index (χ0n) is 14.1. The Morgan fingerprint density at radius 2 is 1.78 bits per heavy atom. The van der Waals surface area contributed by atoms with Crippen molar-refractivity contribution in [1.29, 1.82) is 0 Å². The lowest BCUT2D eigenvalue weighted by molar-refractivity contribution is -0.116. The highest BCUT2D eigenvalue weighted by atomic mass is 35.5. The number of fused-ring (bicyclic) bond motifs is 1.